The van der Waals surface area contributed by atoms with E-state index in [1.807, 2.05) is 6.92 Å². The zero-order valence-electron chi connectivity index (χ0n) is 12.0. The number of rotatable bonds is 7. The molecule has 0 saturated heterocycles. The monoisotopic (exact) mass is 290 g/mol. The molecule has 2 heterocycles. The minimum absolute atomic E-state index is 0.0713. The fourth-order valence-electron chi connectivity index (χ4n) is 1.58. The Kier molecular flexibility index (Phi) is 5.02. The lowest BCUT2D eigenvalue weighted by atomic mass is 10.5. The number of amides is 1. The Morgan fingerprint density at radius 1 is 1.19 bits per heavy atom. The first-order valence-electron chi connectivity index (χ1n) is 6.67. The van der Waals surface area contributed by atoms with Crippen molar-refractivity contribution in [2.24, 2.45) is 0 Å². The second-order valence-corrected chi connectivity index (χ2v) is 4.17. The molecular formula is C12H18N8O. The molecule has 9 heteroatoms. The molecule has 9 nitrogen and oxygen atoms in total. The van der Waals surface area contributed by atoms with E-state index in [9.17, 15) is 4.79 Å². The normalized spacial score (nSPS) is 10.2. The Hall–Kier alpha value is -2.71. The van der Waals surface area contributed by atoms with E-state index in [2.05, 4.69) is 36.0 Å². The molecule has 112 valence electrons. The molecule has 0 atom stereocenters. The van der Waals surface area contributed by atoms with Gasteiger partial charge in [0.05, 0.1) is 0 Å². The van der Waals surface area contributed by atoms with Gasteiger partial charge in [0, 0.05) is 39.0 Å². The van der Waals surface area contributed by atoms with Crippen LogP contribution in [0.5, 0.6) is 0 Å². The predicted molar refractivity (Wildman–Crippen MR) is 78.3 cm³/mol. The molecule has 0 saturated carbocycles. The average molecular weight is 290 g/mol. The summed E-state index contributed by atoms with van der Waals surface area (Å²) in [5.41, 5.74) is 0. The third-order valence-corrected chi connectivity index (χ3v) is 2.45. The number of carbonyl (C=O) groups is 1. The lowest BCUT2D eigenvalue weighted by molar-refractivity contribution is -0.118. The van der Waals surface area contributed by atoms with Gasteiger partial charge in [-0.2, -0.15) is 20.1 Å². The standard InChI is InChI=1S/C12H18N8O/c1-3-13-10-17-11(15-7-6-14-9(2)21)19-12(18-10)20-8-4-5-16-20/h4-5,8H,3,6-7H2,1-2H3,(H,14,21)(H2,13,15,17,18,19). The van der Waals surface area contributed by atoms with Crippen molar-refractivity contribution in [2.75, 3.05) is 30.3 Å². The van der Waals surface area contributed by atoms with E-state index in [0.717, 1.165) is 0 Å². The maximum atomic E-state index is 10.8. The average Bonchev–Trinajstić information content (AvgIpc) is 2.98. The highest BCUT2D eigenvalue weighted by atomic mass is 16.1. The highest BCUT2D eigenvalue weighted by Gasteiger charge is 2.07. The van der Waals surface area contributed by atoms with Crippen LogP contribution in [0.4, 0.5) is 11.9 Å². The minimum Gasteiger partial charge on any atom is -0.355 e. The molecule has 0 aliphatic carbocycles. The van der Waals surface area contributed by atoms with Gasteiger partial charge in [-0.25, -0.2) is 4.68 Å². The summed E-state index contributed by atoms with van der Waals surface area (Å²) in [6, 6.07) is 1.79. The number of nitrogens with zero attached hydrogens (tertiary/aromatic N) is 5. The number of nitrogens with one attached hydrogen (secondary N) is 3. The van der Waals surface area contributed by atoms with Crippen LogP contribution >= 0.6 is 0 Å². The first-order chi connectivity index (χ1) is 10.2. The smallest absolute Gasteiger partial charge is 0.257 e. The first kappa shape index (κ1) is 14.7. The summed E-state index contributed by atoms with van der Waals surface area (Å²) in [5, 5.41) is 12.9. The van der Waals surface area contributed by atoms with Gasteiger partial charge < -0.3 is 16.0 Å². The molecule has 3 N–H and O–H groups in total. The van der Waals surface area contributed by atoms with Crippen LogP contribution in [0.2, 0.25) is 0 Å². The number of aromatic nitrogens is 5. The summed E-state index contributed by atoms with van der Waals surface area (Å²) in [6.45, 7) is 5.15. The predicted octanol–water partition coefficient (Wildman–Crippen LogP) is 0.0371. The summed E-state index contributed by atoms with van der Waals surface area (Å²) in [5.74, 6) is 1.25. The number of carbonyl (C=O) groups excluding carboxylic acids is 1. The van der Waals surface area contributed by atoms with Crippen molar-refractivity contribution in [3.63, 3.8) is 0 Å². The van der Waals surface area contributed by atoms with E-state index < -0.39 is 0 Å². The van der Waals surface area contributed by atoms with Gasteiger partial charge in [0.1, 0.15) is 0 Å². The largest absolute Gasteiger partial charge is 0.355 e. The van der Waals surface area contributed by atoms with Gasteiger partial charge in [0.25, 0.3) is 5.95 Å². The van der Waals surface area contributed by atoms with E-state index >= 15 is 0 Å². The fraction of sp³-hybridized carbons (Fsp3) is 0.417. The Morgan fingerprint density at radius 2 is 1.95 bits per heavy atom. The van der Waals surface area contributed by atoms with Crippen molar-refractivity contribution in [3.05, 3.63) is 18.5 Å². The minimum atomic E-state index is -0.0713. The summed E-state index contributed by atoms with van der Waals surface area (Å²) in [6.07, 6.45) is 3.41. The number of hydrogen-bond donors (Lipinski definition) is 3. The van der Waals surface area contributed by atoms with E-state index in [1.165, 1.54) is 6.92 Å². The third kappa shape index (κ3) is 4.41. The van der Waals surface area contributed by atoms with Crippen molar-refractivity contribution in [2.45, 2.75) is 13.8 Å². The van der Waals surface area contributed by atoms with Crippen LogP contribution in [0.3, 0.4) is 0 Å². The van der Waals surface area contributed by atoms with Crippen LogP contribution in [-0.4, -0.2) is 50.3 Å². The third-order valence-electron chi connectivity index (χ3n) is 2.45. The van der Waals surface area contributed by atoms with Crippen LogP contribution in [0.25, 0.3) is 5.95 Å². The highest BCUT2D eigenvalue weighted by molar-refractivity contribution is 5.72. The van der Waals surface area contributed by atoms with Gasteiger partial charge in [0.2, 0.25) is 17.8 Å². The molecule has 0 spiro atoms. The molecule has 0 aliphatic rings. The van der Waals surface area contributed by atoms with Crippen LogP contribution in [0, 0.1) is 0 Å². The molecule has 1 amide bonds. The van der Waals surface area contributed by atoms with Gasteiger partial charge >= 0.3 is 0 Å². The molecule has 0 radical (unpaired) electrons. The SMILES string of the molecule is CCNc1nc(NCCNC(C)=O)nc(-n2cccn2)n1. The Labute approximate surface area is 122 Å². The molecule has 0 bridgehead atoms. The zero-order valence-corrected chi connectivity index (χ0v) is 12.0. The highest BCUT2D eigenvalue weighted by Crippen LogP contribution is 2.08. The topological polar surface area (TPSA) is 110 Å². The lowest BCUT2D eigenvalue weighted by Gasteiger charge is -2.09. The molecule has 0 aliphatic heterocycles. The summed E-state index contributed by atoms with van der Waals surface area (Å²) < 4.78 is 1.56. The van der Waals surface area contributed by atoms with Crippen LogP contribution in [0.15, 0.2) is 18.5 Å². The van der Waals surface area contributed by atoms with Crippen molar-refractivity contribution < 1.29 is 4.79 Å². The van der Waals surface area contributed by atoms with Gasteiger partial charge in [-0.15, -0.1) is 0 Å². The maximum Gasteiger partial charge on any atom is 0.257 e. The Morgan fingerprint density at radius 3 is 2.57 bits per heavy atom. The van der Waals surface area contributed by atoms with Crippen molar-refractivity contribution in [1.29, 1.82) is 0 Å². The Bertz CT molecular complexity index is 583. The second kappa shape index (κ2) is 7.17. The van der Waals surface area contributed by atoms with E-state index in [0.29, 0.717) is 37.5 Å². The molecule has 0 fully saturated rings. The molecule has 21 heavy (non-hydrogen) atoms. The number of anilines is 2. The lowest BCUT2D eigenvalue weighted by Crippen LogP contribution is -2.27. The molecular weight excluding hydrogens is 272 g/mol. The molecule has 2 rings (SSSR count). The number of hydrogen-bond acceptors (Lipinski definition) is 7. The van der Waals surface area contributed by atoms with Crippen molar-refractivity contribution in [1.82, 2.24) is 30.0 Å². The van der Waals surface area contributed by atoms with E-state index in [4.69, 9.17) is 0 Å². The molecule has 0 unspecified atom stereocenters. The van der Waals surface area contributed by atoms with Gasteiger partial charge in [-0.3, -0.25) is 4.79 Å². The quantitative estimate of drug-likeness (QED) is 0.617. The van der Waals surface area contributed by atoms with Crippen LogP contribution in [-0.2, 0) is 4.79 Å². The summed E-state index contributed by atoms with van der Waals surface area (Å²) in [4.78, 5) is 23.6. The summed E-state index contributed by atoms with van der Waals surface area (Å²) in [7, 11) is 0. The van der Waals surface area contributed by atoms with Crippen LogP contribution < -0.4 is 16.0 Å². The second-order valence-electron chi connectivity index (χ2n) is 4.17. The van der Waals surface area contributed by atoms with E-state index in [-0.39, 0.29) is 5.91 Å². The van der Waals surface area contributed by atoms with Gasteiger partial charge in [-0.1, -0.05) is 0 Å². The Balaban J connectivity index is 2.10. The van der Waals surface area contributed by atoms with Crippen molar-refractivity contribution in [3.8, 4) is 5.95 Å². The van der Waals surface area contributed by atoms with E-state index in [1.54, 1.807) is 23.1 Å². The molecule has 2 aromatic rings. The van der Waals surface area contributed by atoms with Gasteiger partial charge in [0.15, 0.2) is 0 Å². The molecule has 0 aromatic carbocycles. The first-order valence-corrected chi connectivity index (χ1v) is 6.67. The van der Waals surface area contributed by atoms with Crippen molar-refractivity contribution >= 4 is 17.8 Å². The zero-order chi connectivity index (χ0) is 15.1. The molecule has 2 aromatic heterocycles. The summed E-state index contributed by atoms with van der Waals surface area (Å²) >= 11 is 0. The maximum absolute atomic E-state index is 10.8. The van der Waals surface area contributed by atoms with Crippen LogP contribution in [0.1, 0.15) is 13.8 Å². The fourth-order valence-corrected chi connectivity index (χ4v) is 1.58. The van der Waals surface area contributed by atoms with Gasteiger partial charge in [-0.05, 0) is 13.0 Å².